The van der Waals surface area contributed by atoms with Crippen LogP contribution in [0.2, 0.25) is 0 Å². The molecule has 0 unspecified atom stereocenters. The average Bonchev–Trinajstić information content (AvgIpc) is 3.60. The monoisotopic (exact) mass is 660 g/mol. The first kappa shape index (κ1) is 32.6. The zero-order valence-electron chi connectivity index (χ0n) is 27.0. The lowest BCUT2D eigenvalue weighted by molar-refractivity contribution is -0.0690. The number of nitrogens with zero attached hydrogens (tertiary/aromatic N) is 2. The van der Waals surface area contributed by atoms with Gasteiger partial charge in [0.05, 0.1) is 17.0 Å². The first-order valence-electron chi connectivity index (χ1n) is 15.7. The van der Waals surface area contributed by atoms with Crippen molar-refractivity contribution < 1.29 is 37.3 Å². The molecule has 6 rings (SSSR count). The van der Waals surface area contributed by atoms with Crippen molar-refractivity contribution in [3.05, 3.63) is 96.1 Å². The molecule has 47 heavy (non-hydrogen) atoms. The first-order valence-corrected chi connectivity index (χ1v) is 17.1. The Labute approximate surface area is 275 Å². The van der Waals surface area contributed by atoms with E-state index in [2.05, 4.69) is 30.3 Å². The van der Waals surface area contributed by atoms with Crippen LogP contribution in [-0.4, -0.2) is 66.6 Å². The third-order valence-electron chi connectivity index (χ3n) is 8.51. The van der Waals surface area contributed by atoms with Gasteiger partial charge in [-0.3, -0.25) is 4.90 Å². The highest BCUT2D eigenvalue weighted by atomic mass is 32.2. The molecule has 2 atom stereocenters. The molecule has 0 aromatic heterocycles. The number of hydrogen-bond donors (Lipinski definition) is 1. The lowest BCUT2D eigenvalue weighted by atomic mass is 10.00. The Bertz CT molecular complexity index is 1860. The second kappa shape index (κ2) is 13.1. The van der Waals surface area contributed by atoms with Crippen molar-refractivity contribution in [2.45, 2.75) is 63.5 Å². The van der Waals surface area contributed by atoms with Crippen molar-refractivity contribution in [2.24, 2.45) is 5.92 Å². The van der Waals surface area contributed by atoms with Gasteiger partial charge in [-0.2, -0.15) is 4.31 Å². The molecule has 2 aliphatic rings. The molecule has 0 radical (unpaired) electrons. The van der Waals surface area contributed by atoms with E-state index in [0.717, 1.165) is 16.5 Å². The van der Waals surface area contributed by atoms with Crippen LogP contribution in [0, 0.1) is 5.92 Å². The fourth-order valence-corrected chi connectivity index (χ4v) is 7.98. The SMILES string of the molecule is CC(C)CN(C[C@H]1OC(C)(C)N(C(=O)O)[C@H]1Cc1ccc(OCc2ccc3ccccc3c2)cc1)S(=O)(=O)c1ccc2c(c1)OCO2. The largest absolute Gasteiger partial charge is 0.489 e. The van der Waals surface area contributed by atoms with Crippen LogP contribution >= 0.6 is 0 Å². The molecule has 10 nitrogen and oxygen atoms in total. The summed E-state index contributed by atoms with van der Waals surface area (Å²) in [5, 5.41) is 12.6. The smallest absolute Gasteiger partial charge is 0.409 e. The summed E-state index contributed by atoms with van der Waals surface area (Å²) in [7, 11) is -3.99. The number of rotatable bonds is 11. The summed E-state index contributed by atoms with van der Waals surface area (Å²) in [6.45, 7) is 7.89. The third kappa shape index (κ3) is 7.02. The molecule has 2 aliphatic heterocycles. The molecule has 11 heteroatoms. The average molecular weight is 661 g/mol. The van der Waals surface area contributed by atoms with E-state index in [4.69, 9.17) is 18.9 Å². The van der Waals surface area contributed by atoms with Gasteiger partial charge in [0.1, 0.15) is 18.1 Å². The van der Waals surface area contributed by atoms with E-state index in [9.17, 15) is 18.3 Å². The summed E-state index contributed by atoms with van der Waals surface area (Å²) in [4.78, 5) is 13.9. The fraction of sp³-hybridized carbons (Fsp3) is 0.361. The van der Waals surface area contributed by atoms with Crippen LogP contribution < -0.4 is 14.2 Å². The topological polar surface area (TPSA) is 115 Å². The molecule has 1 fully saturated rings. The molecule has 0 aliphatic carbocycles. The summed E-state index contributed by atoms with van der Waals surface area (Å²) in [5.41, 5.74) is 0.759. The highest BCUT2D eigenvalue weighted by Crippen LogP contribution is 2.38. The Morgan fingerprint density at radius 3 is 2.38 bits per heavy atom. The zero-order chi connectivity index (χ0) is 33.3. The normalized spacial score (nSPS) is 18.7. The van der Waals surface area contributed by atoms with E-state index < -0.39 is 34.0 Å². The highest BCUT2D eigenvalue weighted by molar-refractivity contribution is 7.89. The Balaban J connectivity index is 1.20. The van der Waals surface area contributed by atoms with Gasteiger partial charge < -0.3 is 24.1 Å². The second-order valence-corrected chi connectivity index (χ2v) is 14.8. The predicted molar refractivity (Wildman–Crippen MR) is 177 cm³/mol. The van der Waals surface area contributed by atoms with Gasteiger partial charge in [0.2, 0.25) is 16.8 Å². The van der Waals surface area contributed by atoms with Crippen LogP contribution in [0.15, 0.2) is 89.8 Å². The Morgan fingerprint density at radius 2 is 1.66 bits per heavy atom. The summed E-state index contributed by atoms with van der Waals surface area (Å²) in [6, 6.07) is 25.9. The number of benzene rings is 4. The standard InChI is InChI=1S/C36H40N2O8S/c1-24(2)20-37(47(41,42)30-15-16-32-33(19-30)45-23-44-32)21-34-31(38(35(39)40)36(3,4)46-34)18-25-10-13-29(14-11-25)43-22-26-9-12-27-7-5-6-8-28(27)17-26/h5-17,19,24,31,34H,18,20-23H2,1-4H3,(H,39,40)/t31-,34+/m0/s1. The van der Waals surface area contributed by atoms with Crippen LogP contribution in [0.25, 0.3) is 10.8 Å². The van der Waals surface area contributed by atoms with E-state index in [1.807, 2.05) is 50.2 Å². The third-order valence-corrected chi connectivity index (χ3v) is 10.3. The van der Waals surface area contributed by atoms with Crippen molar-refractivity contribution in [3.8, 4) is 17.2 Å². The maximum atomic E-state index is 14.0. The van der Waals surface area contributed by atoms with Gasteiger partial charge in [0.15, 0.2) is 11.5 Å². The van der Waals surface area contributed by atoms with E-state index in [-0.39, 0.29) is 30.7 Å². The lowest BCUT2D eigenvalue weighted by Gasteiger charge is -2.31. The van der Waals surface area contributed by atoms with Crippen molar-refractivity contribution >= 4 is 26.9 Å². The number of carboxylic acid groups (broad SMARTS) is 1. The van der Waals surface area contributed by atoms with E-state index in [1.54, 1.807) is 19.9 Å². The Morgan fingerprint density at radius 1 is 0.957 bits per heavy atom. The summed E-state index contributed by atoms with van der Waals surface area (Å²) in [5.74, 6) is 1.55. The summed E-state index contributed by atoms with van der Waals surface area (Å²) < 4.78 is 52.6. The molecule has 4 aromatic carbocycles. The molecule has 2 heterocycles. The van der Waals surface area contributed by atoms with Gasteiger partial charge in [-0.15, -0.1) is 0 Å². The zero-order valence-corrected chi connectivity index (χ0v) is 27.8. The van der Waals surface area contributed by atoms with E-state index in [0.29, 0.717) is 30.3 Å². The molecule has 1 saturated heterocycles. The van der Waals surface area contributed by atoms with Gasteiger partial charge in [0, 0.05) is 19.2 Å². The van der Waals surface area contributed by atoms with Gasteiger partial charge in [-0.1, -0.05) is 62.4 Å². The van der Waals surface area contributed by atoms with Gasteiger partial charge in [0.25, 0.3) is 0 Å². The number of hydrogen-bond acceptors (Lipinski definition) is 7. The number of carbonyl (C=O) groups is 1. The van der Waals surface area contributed by atoms with Crippen LogP contribution in [-0.2, 0) is 27.8 Å². The molecule has 1 N–H and O–H groups in total. The van der Waals surface area contributed by atoms with Crippen LogP contribution in [0.3, 0.4) is 0 Å². The van der Waals surface area contributed by atoms with Gasteiger partial charge >= 0.3 is 6.09 Å². The number of ether oxygens (including phenoxy) is 4. The molecule has 0 spiro atoms. The second-order valence-electron chi connectivity index (χ2n) is 12.9. The Kier molecular flexibility index (Phi) is 9.06. The number of sulfonamides is 1. The van der Waals surface area contributed by atoms with Crippen molar-refractivity contribution in [2.75, 3.05) is 19.9 Å². The molecule has 1 amide bonds. The molecule has 248 valence electrons. The number of amides is 1. The maximum Gasteiger partial charge on any atom is 0.409 e. The minimum Gasteiger partial charge on any atom is -0.489 e. The minimum absolute atomic E-state index is 0.00405. The molecule has 0 saturated carbocycles. The maximum absolute atomic E-state index is 14.0. The molecule has 0 bridgehead atoms. The van der Waals surface area contributed by atoms with E-state index in [1.165, 1.54) is 26.7 Å². The van der Waals surface area contributed by atoms with Gasteiger partial charge in [-0.25, -0.2) is 13.2 Å². The lowest BCUT2D eigenvalue weighted by Crippen LogP contribution is -2.50. The first-order chi connectivity index (χ1) is 22.4. The molecular weight excluding hydrogens is 620 g/mol. The van der Waals surface area contributed by atoms with Gasteiger partial charge in [-0.05, 0) is 78.4 Å². The Hall–Kier alpha value is -4.32. The van der Waals surface area contributed by atoms with E-state index >= 15 is 0 Å². The fourth-order valence-electron chi connectivity index (χ4n) is 6.35. The quantitative estimate of drug-likeness (QED) is 0.193. The van der Waals surface area contributed by atoms with Crippen molar-refractivity contribution in [3.63, 3.8) is 0 Å². The van der Waals surface area contributed by atoms with Crippen LogP contribution in [0.5, 0.6) is 17.2 Å². The summed E-state index contributed by atoms with van der Waals surface area (Å²) in [6.07, 6.45) is -1.54. The minimum atomic E-state index is -3.99. The molecule has 4 aromatic rings. The van der Waals surface area contributed by atoms with Crippen LogP contribution in [0.4, 0.5) is 4.79 Å². The van der Waals surface area contributed by atoms with Crippen molar-refractivity contribution in [1.82, 2.24) is 9.21 Å². The van der Waals surface area contributed by atoms with Crippen LogP contribution in [0.1, 0.15) is 38.8 Å². The van der Waals surface area contributed by atoms with Crippen molar-refractivity contribution in [1.29, 1.82) is 0 Å². The highest BCUT2D eigenvalue weighted by Gasteiger charge is 2.51. The number of fused-ring (bicyclic) bond motifs is 2. The summed E-state index contributed by atoms with van der Waals surface area (Å²) >= 11 is 0. The molecular formula is C36H40N2O8S. The predicted octanol–water partition coefficient (Wildman–Crippen LogP) is 6.52.